The van der Waals surface area contributed by atoms with Crippen LogP contribution in [0.1, 0.15) is 24.1 Å². The van der Waals surface area contributed by atoms with Gasteiger partial charge in [0.05, 0.1) is 4.92 Å². The lowest BCUT2D eigenvalue weighted by Gasteiger charge is -2.14. The lowest BCUT2D eigenvalue weighted by atomic mass is 10.1. The number of hydrogen-bond donors (Lipinski definition) is 1. The van der Waals surface area contributed by atoms with E-state index in [4.69, 9.17) is 10.5 Å². The van der Waals surface area contributed by atoms with Crippen molar-refractivity contribution in [1.82, 2.24) is 0 Å². The predicted octanol–water partition coefficient (Wildman–Crippen LogP) is 3.33. The van der Waals surface area contributed by atoms with Crippen molar-refractivity contribution in [2.45, 2.75) is 19.6 Å². The maximum atomic E-state index is 13.2. The Bertz CT molecular complexity index is 659. The monoisotopic (exact) mass is 290 g/mol. The highest BCUT2D eigenvalue weighted by molar-refractivity contribution is 5.37. The molecule has 0 spiro atoms. The summed E-state index contributed by atoms with van der Waals surface area (Å²) in [5.41, 5.74) is 7.00. The molecule has 6 heteroatoms. The van der Waals surface area contributed by atoms with Crippen molar-refractivity contribution in [2.24, 2.45) is 5.73 Å². The van der Waals surface area contributed by atoms with Crippen LogP contribution in [0.5, 0.6) is 5.75 Å². The Morgan fingerprint density at radius 1 is 1.33 bits per heavy atom. The van der Waals surface area contributed by atoms with Gasteiger partial charge in [0, 0.05) is 23.7 Å². The lowest BCUT2D eigenvalue weighted by Crippen LogP contribution is -2.08. The first-order valence-corrected chi connectivity index (χ1v) is 6.38. The van der Waals surface area contributed by atoms with E-state index >= 15 is 0 Å². The normalized spacial score (nSPS) is 12.0. The van der Waals surface area contributed by atoms with E-state index in [1.54, 1.807) is 19.1 Å². The Labute approximate surface area is 121 Å². The van der Waals surface area contributed by atoms with E-state index < -0.39 is 4.92 Å². The molecule has 2 aromatic carbocycles. The zero-order valence-electron chi connectivity index (χ0n) is 11.5. The van der Waals surface area contributed by atoms with Crippen LogP contribution in [0, 0.1) is 15.9 Å². The largest absolute Gasteiger partial charge is 0.489 e. The molecular formula is C15H15FN2O3. The first-order valence-electron chi connectivity index (χ1n) is 6.38. The second kappa shape index (κ2) is 6.32. The van der Waals surface area contributed by atoms with Gasteiger partial charge in [-0.3, -0.25) is 10.1 Å². The molecular weight excluding hydrogens is 275 g/mol. The fraction of sp³-hybridized carbons (Fsp3) is 0.200. The fourth-order valence-corrected chi connectivity index (χ4v) is 1.93. The molecule has 0 aliphatic carbocycles. The third-order valence-electron chi connectivity index (χ3n) is 2.98. The number of nitrogens with two attached hydrogens (primary N) is 1. The standard InChI is InChI=1S/C15H15FN2O3/c1-10(17)14-8-12(16)5-6-15(14)21-9-11-3-2-4-13(7-11)18(19)20/h2-8,10H,9,17H2,1H3/t10-/m0/s1. The Hall–Kier alpha value is -2.47. The van der Waals surface area contributed by atoms with Crippen molar-refractivity contribution in [3.8, 4) is 5.75 Å². The molecule has 0 fully saturated rings. The molecule has 21 heavy (non-hydrogen) atoms. The van der Waals surface area contributed by atoms with Gasteiger partial charge in [-0.25, -0.2) is 4.39 Å². The summed E-state index contributed by atoms with van der Waals surface area (Å²) in [6.45, 7) is 1.88. The summed E-state index contributed by atoms with van der Waals surface area (Å²) in [4.78, 5) is 10.3. The predicted molar refractivity (Wildman–Crippen MR) is 76.4 cm³/mol. The van der Waals surface area contributed by atoms with E-state index in [0.29, 0.717) is 16.9 Å². The van der Waals surface area contributed by atoms with E-state index in [1.807, 2.05) is 0 Å². The van der Waals surface area contributed by atoms with E-state index in [0.717, 1.165) is 0 Å². The number of non-ortho nitro benzene ring substituents is 1. The van der Waals surface area contributed by atoms with E-state index in [-0.39, 0.29) is 24.2 Å². The van der Waals surface area contributed by atoms with Gasteiger partial charge in [-0.05, 0) is 30.7 Å². The number of nitro benzene ring substituents is 1. The highest BCUT2D eigenvalue weighted by atomic mass is 19.1. The van der Waals surface area contributed by atoms with Crippen LogP contribution in [0.25, 0.3) is 0 Å². The van der Waals surface area contributed by atoms with Crippen LogP contribution in [0.3, 0.4) is 0 Å². The summed E-state index contributed by atoms with van der Waals surface area (Å²) in [7, 11) is 0. The van der Waals surface area contributed by atoms with Crippen molar-refractivity contribution < 1.29 is 14.1 Å². The van der Waals surface area contributed by atoms with Crippen molar-refractivity contribution in [2.75, 3.05) is 0 Å². The summed E-state index contributed by atoms with van der Waals surface area (Å²) in [5, 5.41) is 10.7. The third kappa shape index (κ3) is 3.76. The Morgan fingerprint density at radius 2 is 2.10 bits per heavy atom. The van der Waals surface area contributed by atoms with Gasteiger partial charge >= 0.3 is 0 Å². The SMILES string of the molecule is C[C@H](N)c1cc(F)ccc1OCc1cccc([N+](=O)[O-])c1. The number of ether oxygens (including phenoxy) is 1. The number of nitro groups is 1. The summed E-state index contributed by atoms with van der Waals surface area (Å²) >= 11 is 0. The third-order valence-corrected chi connectivity index (χ3v) is 2.98. The molecule has 2 rings (SSSR count). The number of hydrogen-bond acceptors (Lipinski definition) is 4. The van der Waals surface area contributed by atoms with Gasteiger partial charge in [0.2, 0.25) is 0 Å². The molecule has 0 heterocycles. The average Bonchev–Trinajstić information content (AvgIpc) is 2.46. The number of nitrogens with zero attached hydrogens (tertiary/aromatic N) is 1. The van der Waals surface area contributed by atoms with Crippen molar-refractivity contribution in [3.05, 3.63) is 69.5 Å². The first-order chi connectivity index (χ1) is 9.97. The molecule has 5 nitrogen and oxygen atoms in total. The molecule has 0 unspecified atom stereocenters. The highest BCUT2D eigenvalue weighted by Crippen LogP contribution is 2.26. The molecule has 0 saturated heterocycles. The van der Waals surface area contributed by atoms with Gasteiger partial charge in [-0.1, -0.05) is 12.1 Å². The van der Waals surface area contributed by atoms with E-state index in [2.05, 4.69) is 0 Å². The highest BCUT2D eigenvalue weighted by Gasteiger charge is 2.11. The molecule has 0 amide bonds. The van der Waals surface area contributed by atoms with Crippen molar-refractivity contribution in [3.63, 3.8) is 0 Å². The molecule has 0 aromatic heterocycles. The van der Waals surface area contributed by atoms with Gasteiger partial charge in [-0.2, -0.15) is 0 Å². The maximum absolute atomic E-state index is 13.2. The van der Waals surface area contributed by atoms with Crippen LogP contribution < -0.4 is 10.5 Å². The number of benzene rings is 2. The minimum absolute atomic E-state index is 0.00243. The maximum Gasteiger partial charge on any atom is 0.269 e. The van der Waals surface area contributed by atoms with Gasteiger partial charge in [0.1, 0.15) is 18.2 Å². The average molecular weight is 290 g/mol. The molecule has 1 atom stereocenters. The molecule has 2 N–H and O–H groups in total. The van der Waals surface area contributed by atoms with Crippen LogP contribution in [-0.4, -0.2) is 4.92 Å². The van der Waals surface area contributed by atoms with Gasteiger partial charge in [0.15, 0.2) is 0 Å². The molecule has 0 radical (unpaired) electrons. The summed E-state index contributed by atoms with van der Waals surface area (Å²) in [6.07, 6.45) is 0. The van der Waals surface area contributed by atoms with Gasteiger partial charge in [0.25, 0.3) is 5.69 Å². The molecule has 0 aliphatic rings. The summed E-state index contributed by atoms with van der Waals surface area (Å²) < 4.78 is 18.8. The molecule has 0 aliphatic heterocycles. The zero-order valence-corrected chi connectivity index (χ0v) is 11.5. The van der Waals surface area contributed by atoms with Crippen LogP contribution in [-0.2, 0) is 6.61 Å². The smallest absolute Gasteiger partial charge is 0.269 e. The van der Waals surface area contributed by atoms with Crippen molar-refractivity contribution in [1.29, 1.82) is 0 Å². The number of halogens is 1. The minimum Gasteiger partial charge on any atom is -0.489 e. The molecule has 0 bridgehead atoms. The van der Waals surface area contributed by atoms with Gasteiger partial charge in [-0.15, -0.1) is 0 Å². The lowest BCUT2D eigenvalue weighted by molar-refractivity contribution is -0.384. The summed E-state index contributed by atoms with van der Waals surface area (Å²) in [5.74, 6) is 0.0860. The Morgan fingerprint density at radius 3 is 2.76 bits per heavy atom. The molecule has 110 valence electrons. The van der Waals surface area contributed by atoms with E-state index in [1.165, 1.54) is 30.3 Å². The zero-order chi connectivity index (χ0) is 15.4. The second-order valence-electron chi connectivity index (χ2n) is 4.69. The van der Waals surface area contributed by atoms with Crippen LogP contribution in [0.15, 0.2) is 42.5 Å². The number of rotatable bonds is 5. The Kier molecular flexibility index (Phi) is 4.49. The molecule has 2 aromatic rings. The fourth-order valence-electron chi connectivity index (χ4n) is 1.93. The second-order valence-corrected chi connectivity index (χ2v) is 4.69. The minimum atomic E-state index is -0.464. The first kappa shape index (κ1) is 14.9. The van der Waals surface area contributed by atoms with Crippen molar-refractivity contribution >= 4 is 5.69 Å². The van der Waals surface area contributed by atoms with Crippen LogP contribution >= 0.6 is 0 Å². The molecule has 0 saturated carbocycles. The topological polar surface area (TPSA) is 78.4 Å². The van der Waals surface area contributed by atoms with Crippen LogP contribution in [0.2, 0.25) is 0 Å². The quantitative estimate of drug-likeness (QED) is 0.676. The van der Waals surface area contributed by atoms with Gasteiger partial charge < -0.3 is 10.5 Å². The summed E-state index contributed by atoms with van der Waals surface area (Å²) in [6, 6.07) is 9.91. The van der Waals surface area contributed by atoms with E-state index in [9.17, 15) is 14.5 Å². The Balaban J connectivity index is 2.16. The van der Waals surface area contributed by atoms with Crippen LogP contribution in [0.4, 0.5) is 10.1 Å².